The zero-order valence-corrected chi connectivity index (χ0v) is 12.1. The van der Waals surface area contributed by atoms with Crippen molar-refractivity contribution in [2.24, 2.45) is 5.84 Å². The normalized spacial score (nSPS) is 10.2. The minimum absolute atomic E-state index is 0.0239. The molecule has 0 aliphatic heterocycles. The zero-order chi connectivity index (χ0) is 14.7. The number of hydrogen-bond donors (Lipinski definition) is 2. The van der Waals surface area contributed by atoms with Gasteiger partial charge < -0.3 is 4.74 Å². The van der Waals surface area contributed by atoms with E-state index in [1.165, 1.54) is 24.4 Å². The van der Waals surface area contributed by atoms with Gasteiger partial charge in [0.15, 0.2) is 5.75 Å². The van der Waals surface area contributed by atoms with Gasteiger partial charge in [-0.15, -0.1) is 0 Å². The second-order valence-electron chi connectivity index (χ2n) is 3.44. The van der Waals surface area contributed by atoms with E-state index in [1.807, 2.05) is 0 Å². The predicted octanol–water partition coefficient (Wildman–Crippen LogP) is 2.88. The first kappa shape index (κ1) is 14.4. The Hall–Kier alpha value is -1.97. The average Bonchev–Trinajstić information content (AvgIpc) is 2.43. The fourth-order valence-corrected chi connectivity index (χ4v) is 1.94. The zero-order valence-electron chi connectivity index (χ0n) is 9.71. The summed E-state index contributed by atoms with van der Waals surface area (Å²) in [6.45, 7) is 0. The van der Waals surface area contributed by atoms with Gasteiger partial charge in [0.1, 0.15) is 9.50 Å². The summed E-state index contributed by atoms with van der Waals surface area (Å²) in [5, 5.41) is 11.0. The van der Waals surface area contributed by atoms with Crippen molar-refractivity contribution in [2.45, 2.75) is 0 Å². The summed E-state index contributed by atoms with van der Waals surface area (Å²) in [5.41, 5.74) is 2.11. The van der Waals surface area contributed by atoms with Crippen LogP contribution in [0.5, 0.6) is 11.6 Å². The molecule has 0 bridgehead atoms. The van der Waals surface area contributed by atoms with Crippen LogP contribution in [-0.2, 0) is 0 Å². The van der Waals surface area contributed by atoms with E-state index in [2.05, 4.69) is 31.3 Å². The second-order valence-corrected chi connectivity index (χ2v) is 4.64. The number of nitrogens with zero attached hydrogens (tertiary/aromatic N) is 3. The topological polar surface area (TPSA) is 116 Å². The van der Waals surface area contributed by atoms with Crippen molar-refractivity contribution in [3.8, 4) is 11.6 Å². The summed E-state index contributed by atoms with van der Waals surface area (Å²) >= 11 is 9.00. The molecule has 0 aliphatic rings. The average molecular weight is 361 g/mol. The third-order valence-corrected chi connectivity index (χ3v) is 3.24. The molecule has 3 N–H and O–H groups in total. The van der Waals surface area contributed by atoms with Crippen molar-refractivity contribution in [1.29, 1.82) is 0 Å². The van der Waals surface area contributed by atoms with E-state index in [0.717, 1.165) is 0 Å². The summed E-state index contributed by atoms with van der Waals surface area (Å²) in [5.74, 6) is 5.51. The Morgan fingerprint density at radius 1 is 1.50 bits per heavy atom. The number of aromatic nitrogens is 2. The molecule has 1 aromatic carbocycles. The Bertz CT molecular complexity index is 669. The highest BCUT2D eigenvalue weighted by atomic mass is 79.9. The number of nitrogens with two attached hydrogens (primary N) is 1. The molecule has 0 spiro atoms. The van der Waals surface area contributed by atoms with Crippen molar-refractivity contribution in [2.75, 3.05) is 5.43 Å². The molecule has 0 aliphatic carbocycles. The summed E-state index contributed by atoms with van der Waals surface area (Å²) in [6.07, 6.45) is 1.30. The van der Waals surface area contributed by atoms with Crippen LogP contribution in [0, 0.1) is 10.1 Å². The number of nitrogens with one attached hydrogen (secondary N) is 1. The maximum atomic E-state index is 10.8. The van der Waals surface area contributed by atoms with Crippen molar-refractivity contribution in [3.63, 3.8) is 0 Å². The van der Waals surface area contributed by atoms with Crippen molar-refractivity contribution >= 4 is 39.2 Å². The number of rotatable bonds is 4. The van der Waals surface area contributed by atoms with Gasteiger partial charge in [-0.3, -0.25) is 15.5 Å². The lowest BCUT2D eigenvalue weighted by atomic mass is 10.3. The highest BCUT2D eigenvalue weighted by Gasteiger charge is 2.18. The van der Waals surface area contributed by atoms with Gasteiger partial charge in [0, 0.05) is 6.07 Å². The van der Waals surface area contributed by atoms with Crippen molar-refractivity contribution < 1.29 is 9.66 Å². The van der Waals surface area contributed by atoms with E-state index >= 15 is 0 Å². The van der Waals surface area contributed by atoms with Gasteiger partial charge in [0.25, 0.3) is 5.69 Å². The molecule has 20 heavy (non-hydrogen) atoms. The number of nitro groups is 1. The van der Waals surface area contributed by atoms with E-state index in [4.69, 9.17) is 22.2 Å². The summed E-state index contributed by atoms with van der Waals surface area (Å²) in [4.78, 5) is 18.0. The van der Waals surface area contributed by atoms with Crippen LogP contribution in [0.1, 0.15) is 0 Å². The van der Waals surface area contributed by atoms with E-state index in [0.29, 0.717) is 0 Å². The van der Waals surface area contributed by atoms with Crippen LogP contribution in [-0.4, -0.2) is 14.9 Å². The highest BCUT2D eigenvalue weighted by molar-refractivity contribution is 9.10. The first-order valence-electron chi connectivity index (χ1n) is 5.13. The number of benzene rings is 1. The Kier molecular flexibility index (Phi) is 4.32. The van der Waals surface area contributed by atoms with Crippen LogP contribution in [0.3, 0.4) is 0 Å². The SMILES string of the molecule is NNc1ncc(Cl)c(Oc2cccc([N+](=O)[O-])c2Br)n1. The minimum Gasteiger partial charge on any atom is -0.436 e. The quantitative estimate of drug-likeness (QED) is 0.489. The molecule has 0 saturated carbocycles. The fraction of sp³-hybridized carbons (Fsp3) is 0. The van der Waals surface area contributed by atoms with Crippen molar-refractivity contribution in [3.05, 3.63) is 44.0 Å². The third kappa shape index (κ3) is 2.95. The molecule has 0 radical (unpaired) electrons. The molecule has 0 amide bonds. The van der Waals surface area contributed by atoms with Crippen LogP contribution >= 0.6 is 27.5 Å². The van der Waals surface area contributed by atoms with Crippen LogP contribution in [0.4, 0.5) is 11.6 Å². The Balaban J connectivity index is 2.40. The first-order valence-corrected chi connectivity index (χ1v) is 6.30. The number of hydrogen-bond acceptors (Lipinski definition) is 7. The van der Waals surface area contributed by atoms with Crippen LogP contribution in [0.25, 0.3) is 0 Å². The number of anilines is 1. The fourth-order valence-electron chi connectivity index (χ4n) is 1.32. The third-order valence-electron chi connectivity index (χ3n) is 2.19. The largest absolute Gasteiger partial charge is 0.436 e. The first-order chi connectivity index (χ1) is 9.52. The lowest BCUT2D eigenvalue weighted by Gasteiger charge is -2.09. The summed E-state index contributed by atoms with van der Waals surface area (Å²) in [7, 11) is 0. The molecule has 0 atom stereocenters. The van der Waals surface area contributed by atoms with Gasteiger partial charge in [0.2, 0.25) is 11.8 Å². The summed E-state index contributed by atoms with van der Waals surface area (Å²) in [6, 6.07) is 4.35. The molecule has 2 aromatic rings. The molecule has 0 fully saturated rings. The van der Waals surface area contributed by atoms with Crippen LogP contribution in [0.15, 0.2) is 28.9 Å². The maximum Gasteiger partial charge on any atom is 0.287 e. The van der Waals surface area contributed by atoms with E-state index in [9.17, 15) is 10.1 Å². The van der Waals surface area contributed by atoms with Gasteiger partial charge in [-0.2, -0.15) is 4.98 Å². The smallest absolute Gasteiger partial charge is 0.287 e. The summed E-state index contributed by atoms with van der Waals surface area (Å²) < 4.78 is 5.63. The van der Waals surface area contributed by atoms with Gasteiger partial charge >= 0.3 is 0 Å². The molecular weight excluding hydrogens is 353 g/mol. The van der Waals surface area contributed by atoms with Gasteiger partial charge in [-0.05, 0) is 22.0 Å². The predicted molar refractivity (Wildman–Crippen MR) is 75.7 cm³/mol. The van der Waals surface area contributed by atoms with Crippen molar-refractivity contribution in [1.82, 2.24) is 9.97 Å². The Morgan fingerprint density at radius 3 is 2.90 bits per heavy atom. The molecule has 1 aromatic heterocycles. The Labute approximate surface area is 126 Å². The van der Waals surface area contributed by atoms with E-state index in [-0.39, 0.29) is 32.8 Å². The molecule has 104 valence electrons. The molecule has 1 heterocycles. The van der Waals surface area contributed by atoms with Gasteiger partial charge in [-0.1, -0.05) is 17.7 Å². The number of ether oxygens (including phenoxy) is 1. The monoisotopic (exact) mass is 359 g/mol. The molecule has 10 heteroatoms. The number of nitrogen functional groups attached to an aromatic ring is 1. The van der Waals surface area contributed by atoms with Crippen LogP contribution < -0.4 is 16.0 Å². The Morgan fingerprint density at radius 2 is 2.25 bits per heavy atom. The molecule has 0 unspecified atom stereocenters. The van der Waals surface area contributed by atoms with E-state index < -0.39 is 4.92 Å². The van der Waals surface area contributed by atoms with E-state index in [1.54, 1.807) is 0 Å². The molecule has 8 nitrogen and oxygen atoms in total. The number of hydrazine groups is 1. The highest BCUT2D eigenvalue weighted by Crippen LogP contribution is 2.37. The molecule has 2 rings (SSSR count). The maximum absolute atomic E-state index is 10.8. The standard InChI is InChI=1S/C10H7BrClN5O3/c11-8-6(17(18)19)2-1-3-7(8)20-9-5(12)4-14-10(15-9)16-13/h1-4H,13H2,(H,14,15,16). The minimum atomic E-state index is -0.536. The lowest BCUT2D eigenvalue weighted by Crippen LogP contribution is -2.10. The number of nitro benzene ring substituents is 1. The second kappa shape index (κ2) is 5.99. The lowest BCUT2D eigenvalue weighted by molar-refractivity contribution is -0.385. The van der Waals surface area contributed by atoms with Crippen LogP contribution in [0.2, 0.25) is 5.02 Å². The van der Waals surface area contributed by atoms with Gasteiger partial charge in [-0.25, -0.2) is 10.8 Å². The van der Waals surface area contributed by atoms with Gasteiger partial charge in [0.05, 0.1) is 11.1 Å². The number of halogens is 2. The molecule has 0 saturated heterocycles. The molecular formula is C10H7BrClN5O3.